The molecule has 1 aliphatic heterocycles. The van der Waals surface area contributed by atoms with Crippen molar-refractivity contribution in [3.8, 4) is 0 Å². The highest BCUT2D eigenvalue weighted by Crippen LogP contribution is 2.41. The molecule has 1 saturated heterocycles. The van der Waals surface area contributed by atoms with E-state index in [2.05, 4.69) is 0 Å². The number of amides is 2. The normalized spacial score (nSPS) is 24.3. The molecule has 3 rings (SSSR count). The van der Waals surface area contributed by atoms with E-state index >= 15 is 0 Å². The molecule has 0 radical (unpaired) electrons. The van der Waals surface area contributed by atoms with Crippen LogP contribution < -0.4 is 4.90 Å². The molecule has 0 aromatic heterocycles. The number of aryl methyl sites for hydroxylation is 1. The van der Waals surface area contributed by atoms with Crippen molar-refractivity contribution in [3.63, 3.8) is 0 Å². The van der Waals surface area contributed by atoms with Gasteiger partial charge in [0.2, 0.25) is 11.8 Å². The molecule has 0 saturated carbocycles. The van der Waals surface area contributed by atoms with Gasteiger partial charge in [-0.1, -0.05) is 23.7 Å². The van der Waals surface area contributed by atoms with Gasteiger partial charge in [-0.2, -0.15) is 0 Å². The number of hydrogen-bond donors (Lipinski definition) is 0. The minimum atomic E-state index is -0.519. The summed E-state index contributed by atoms with van der Waals surface area (Å²) in [6, 6.07) is 4.38. The Hall–Kier alpha value is -2.21. The summed E-state index contributed by atoms with van der Waals surface area (Å²) >= 11 is 5.97. The minimum Gasteiger partial charge on any atom is -0.274 e. The number of nitrogens with zero attached hydrogens (tertiary/aromatic N) is 2. The van der Waals surface area contributed by atoms with Crippen LogP contribution in [0.15, 0.2) is 29.3 Å². The van der Waals surface area contributed by atoms with E-state index in [0.29, 0.717) is 23.4 Å². The highest BCUT2D eigenvalue weighted by Gasteiger charge is 2.49. The molecule has 1 heterocycles. The molecular formula is C15H13ClN2O4. The third-order valence-corrected chi connectivity index (χ3v) is 4.53. The largest absolute Gasteiger partial charge is 0.274 e. The molecule has 6 nitrogen and oxygen atoms in total. The molecule has 1 aromatic carbocycles. The smallest absolute Gasteiger partial charge is 0.274 e. The van der Waals surface area contributed by atoms with E-state index < -0.39 is 16.8 Å². The molecule has 7 heteroatoms. The summed E-state index contributed by atoms with van der Waals surface area (Å²) in [5.41, 5.74) is 0.622. The predicted octanol–water partition coefficient (Wildman–Crippen LogP) is 2.93. The highest BCUT2D eigenvalue weighted by molar-refractivity contribution is 6.30. The van der Waals surface area contributed by atoms with E-state index in [4.69, 9.17) is 11.6 Å². The molecule has 114 valence electrons. The number of carbonyl (C=O) groups is 2. The van der Waals surface area contributed by atoms with Gasteiger partial charge in [-0.05, 0) is 25.8 Å². The Labute approximate surface area is 131 Å². The van der Waals surface area contributed by atoms with Gasteiger partial charge in [0.25, 0.3) is 5.69 Å². The van der Waals surface area contributed by atoms with Crippen molar-refractivity contribution in [1.29, 1.82) is 0 Å². The van der Waals surface area contributed by atoms with Crippen LogP contribution >= 0.6 is 11.6 Å². The van der Waals surface area contributed by atoms with E-state index in [9.17, 15) is 19.7 Å². The second-order valence-electron chi connectivity index (χ2n) is 5.54. The Kier molecular flexibility index (Phi) is 3.48. The third-order valence-electron chi connectivity index (χ3n) is 4.22. The van der Waals surface area contributed by atoms with Crippen LogP contribution in [-0.2, 0) is 9.59 Å². The first-order chi connectivity index (χ1) is 10.4. The lowest BCUT2D eigenvalue weighted by Gasteiger charge is -2.17. The highest BCUT2D eigenvalue weighted by atomic mass is 35.5. The topological polar surface area (TPSA) is 80.5 Å². The molecule has 1 aromatic rings. The van der Waals surface area contributed by atoms with E-state index in [1.54, 1.807) is 25.1 Å². The summed E-state index contributed by atoms with van der Waals surface area (Å²) < 4.78 is 0. The SMILES string of the molecule is Cc1ccc(N2C(=O)C3CC=C(Cl)CC3C2=O)cc1[N+](=O)[O-]. The average molecular weight is 321 g/mol. The number of allylic oxidation sites excluding steroid dienone is 2. The Bertz CT molecular complexity index is 728. The Morgan fingerprint density at radius 3 is 2.64 bits per heavy atom. The van der Waals surface area contributed by atoms with Crippen LogP contribution in [-0.4, -0.2) is 16.7 Å². The monoisotopic (exact) mass is 320 g/mol. The summed E-state index contributed by atoms with van der Waals surface area (Å²) in [4.78, 5) is 36.6. The Balaban J connectivity index is 2.00. The van der Waals surface area contributed by atoms with Crippen molar-refractivity contribution >= 4 is 34.8 Å². The van der Waals surface area contributed by atoms with Gasteiger partial charge < -0.3 is 0 Å². The lowest BCUT2D eigenvalue weighted by Crippen LogP contribution is -2.30. The number of nitro groups is 1. The van der Waals surface area contributed by atoms with E-state index in [1.807, 2.05) is 0 Å². The maximum absolute atomic E-state index is 12.5. The van der Waals surface area contributed by atoms with Gasteiger partial charge >= 0.3 is 0 Å². The molecular weight excluding hydrogens is 308 g/mol. The van der Waals surface area contributed by atoms with Crippen LogP contribution in [0.2, 0.25) is 0 Å². The van der Waals surface area contributed by atoms with Crippen molar-refractivity contribution in [3.05, 3.63) is 45.0 Å². The number of halogens is 1. The summed E-state index contributed by atoms with van der Waals surface area (Å²) in [7, 11) is 0. The first-order valence-electron chi connectivity index (χ1n) is 6.87. The van der Waals surface area contributed by atoms with E-state index in [1.165, 1.54) is 6.07 Å². The van der Waals surface area contributed by atoms with Crippen molar-refractivity contribution in [2.45, 2.75) is 19.8 Å². The van der Waals surface area contributed by atoms with Crippen LogP contribution in [0.5, 0.6) is 0 Å². The Morgan fingerprint density at radius 1 is 1.27 bits per heavy atom. The zero-order chi connectivity index (χ0) is 16.0. The fourth-order valence-electron chi connectivity index (χ4n) is 3.02. The summed E-state index contributed by atoms with van der Waals surface area (Å²) in [6.07, 6.45) is 2.54. The van der Waals surface area contributed by atoms with Crippen LogP contribution in [0.25, 0.3) is 0 Å². The molecule has 22 heavy (non-hydrogen) atoms. The lowest BCUT2D eigenvalue weighted by atomic mass is 9.85. The van der Waals surface area contributed by atoms with E-state index in [0.717, 1.165) is 4.90 Å². The van der Waals surface area contributed by atoms with Crippen LogP contribution in [0.4, 0.5) is 11.4 Å². The molecule has 2 aliphatic rings. The maximum atomic E-state index is 12.5. The molecule has 0 bridgehead atoms. The summed E-state index contributed by atoms with van der Waals surface area (Å²) in [5.74, 6) is -1.53. The van der Waals surface area contributed by atoms with Crippen LogP contribution in [0.1, 0.15) is 18.4 Å². The zero-order valence-electron chi connectivity index (χ0n) is 11.8. The number of benzene rings is 1. The van der Waals surface area contributed by atoms with Crippen LogP contribution in [0.3, 0.4) is 0 Å². The number of fused-ring (bicyclic) bond motifs is 1. The number of imide groups is 1. The number of nitro benzene ring substituents is 1. The summed E-state index contributed by atoms with van der Waals surface area (Å²) in [6.45, 7) is 1.61. The molecule has 1 aliphatic carbocycles. The minimum absolute atomic E-state index is 0.107. The fraction of sp³-hybridized carbons (Fsp3) is 0.333. The summed E-state index contributed by atoms with van der Waals surface area (Å²) in [5, 5.41) is 11.6. The number of anilines is 1. The maximum Gasteiger partial charge on any atom is 0.274 e. The molecule has 2 atom stereocenters. The average Bonchev–Trinajstić information content (AvgIpc) is 2.71. The molecule has 2 unspecified atom stereocenters. The second kappa shape index (κ2) is 5.21. The lowest BCUT2D eigenvalue weighted by molar-refractivity contribution is -0.385. The quantitative estimate of drug-likeness (QED) is 0.476. The van der Waals surface area contributed by atoms with Crippen molar-refractivity contribution in [2.24, 2.45) is 11.8 Å². The first kappa shape index (κ1) is 14.7. The molecule has 0 spiro atoms. The number of rotatable bonds is 2. The van der Waals surface area contributed by atoms with Gasteiger partial charge in [-0.15, -0.1) is 0 Å². The van der Waals surface area contributed by atoms with Gasteiger partial charge in [-0.25, -0.2) is 4.90 Å². The third kappa shape index (κ3) is 2.20. The Morgan fingerprint density at radius 2 is 1.95 bits per heavy atom. The van der Waals surface area contributed by atoms with E-state index in [-0.39, 0.29) is 23.2 Å². The van der Waals surface area contributed by atoms with Gasteiger partial charge in [0.1, 0.15) is 0 Å². The van der Waals surface area contributed by atoms with Gasteiger partial charge in [0, 0.05) is 16.7 Å². The van der Waals surface area contributed by atoms with Crippen LogP contribution in [0, 0.1) is 28.9 Å². The number of carbonyl (C=O) groups excluding carboxylic acids is 2. The molecule has 2 amide bonds. The standard InChI is InChI=1S/C15H13ClN2O4/c1-8-2-4-10(7-13(8)18(21)22)17-14(19)11-5-3-9(16)6-12(11)15(17)20/h2-4,7,11-12H,5-6H2,1H3. The van der Waals surface area contributed by atoms with Gasteiger partial charge in [0.15, 0.2) is 0 Å². The van der Waals surface area contributed by atoms with Gasteiger partial charge in [-0.3, -0.25) is 19.7 Å². The van der Waals surface area contributed by atoms with Crippen molar-refractivity contribution in [1.82, 2.24) is 0 Å². The molecule has 0 N–H and O–H groups in total. The van der Waals surface area contributed by atoms with Crippen molar-refractivity contribution < 1.29 is 14.5 Å². The number of hydrogen-bond acceptors (Lipinski definition) is 4. The molecule has 1 fully saturated rings. The first-order valence-corrected chi connectivity index (χ1v) is 7.25. The fourth-order valence-corrected chi connectivity index (χ4v) is 3.27. The van der Waals surface area contributed by atoms with Crippen molar-refractivity contribution in [2.75, 3.05) is 4.90 Å². The second-order valence-corrected chi connectivity index (χ2v) is 6.03. The predicted molar refractivity (Wildman–Crippen MR) is 80.5 cm³/mol. The zero-order valence-corrected chi connectivity index (χ0v) is 12.5. The van der Waals surface area contributed by atoms with Gasteiger partial charge in [0.05, 0.1) is 22.4 Å².